The van der Waals surface area contributed by atoms with E-state index in [-0.39, 0.29) is 0 Å². The average molecular weight is 464 g/mol. The molecule has 6 unspecified atom stereocenters. The predicted octanol–water partition coefficient (Wildman–Crippen LogP) is 8.11. The van der Waals surface area contributed by atoms with E-state index in [9.17, 15) is 4.79 Å². The standard InChI is InChI=1S/C32H49NO/c1-23(13-18-30(34)33(4)22-24-10-6-5-7-11-24)27-16-17-28-26-15-14-25-12-8-9-20-31(25,2)29(26)19-21-32(27,28)3/h5-7,10-11,23,25-29H,8-9,12-22H2,1-4H3/t23?,25?,26?,27?,28?,29?,31-,32+/m0/s1. The fourth-order valence-corrected chi connectivity index (χ4v) is 9.96. The molecule has 1 aromatic rings. The van der Waals surface area contributed by atoms with Gasteiger partial charge in [-0.15, -0.1) is 0 Å². The molecule has 0 bridgehead atoms. The van der Waals surface area contributed by atoms with Crippen molar-refractivity contribution in [3.63, 3.8) is 0 Å². The van der Waals surface area contributed by atoms with E-state index in [0.717, 1.165) is 42.6 Å². The largest absolute Gasteiger partial charge is 0.341 e. The summed E-state index contributed by atoms with van der Waals surface area (Å²) in [7, 11) is 1.97. The highest BCUT2D eigenvalue weighted by molar-refractivity contribution is 5.75. The Hall–Kier alpha value is -1.31. The van der Waals surface area contributed by atoms with E-state index in [0.29, 0.717) is 29.1 Å². The molecule has 4 aliphatic carbocycles. The molecule has 0 spiro atoms. The maximum Gasteiger partial charge on any atom is 0.222 e. The van der Waals surface area contributed by atoms with E-state index in [1.54, 1.807) is 0 Å². The van der Waals surface area contributed by atoms with Crippen molar-refractivity contribution in [3.8, 4) is 0 Å². The van der Waals surface area contributed by atoms with Gasteiger partial charge >= 0.3 is 0 Å². The number of amides is 1. The van der Waals surface area contributed by atoms with Crippen molar-refractivity contribution in [2.45, 2.75) is 104 Å². The third-order valence-electron chi connectivity index (χ3n) is 11.8. The Morgan fingerprint density at radius 1 is 0.941 bits per heavy atom. The van der Waals surface area contributed by atoms with Gasteiger partial charge in [0, 0.05) is 20.0 Å². The normalized spacial score (nSPS) is 40.1. The number of carbonyl (C=O) groups is 1. The Bertz CT molecular complexity index is 850. The summed E-state index contributed by atoms with van der Waals surface area (Å²) in [5.74, 6) is 5.70. The van der Waals surface area contributed by atoms with Crippen LogP contribution in [-0.4, -0.2) is 17.9 Å². The lowest BCUT2D eigenvalue weighted by atomic mass is 9.44. The number of fused-ring (bicyclic) bond motifs is 5. The van der Waals surface area contributed by atoms with Gasteiger partial charge in [0.1, 0.15) is 0 Å². The van der Waals surface area contributed by atoms with Crippen molar-refractivity contribution >= 4 is 5.91 Å². The van der Waals surface area contributed by atoms with E-state index in [1.165, 1.54) is 69.8 Å². The molecule has 4 aliphatic rings. The third kappa shape index (κ3) is 4.26. The molecule has 0 saturated heterocycles. The molecular formula is C32H49NO. The molecule has 188 valence electrons. The Morgan fingerprint density at radius 2 is 1.71 bits per heavy atom. The quantitative estimate of drug-likeness (QED) is 0.417. The minimum Gasteiger partial charge on any atom is -0.341 e. The number of rotatable bonds is 6. The van der Waals surface area contributed by atoms with Crippen molar-refractivity contribution in [1.82, 2.24) is 4.90 Å². The fourth-order valence-electron chi connectivity index (χ4n) is 9.96. The van der Waals surface area contributed by atoms with Crippen molar-refractivity contribution < 1.29 is 4.79 Å². The molecule has 1 aromatic carbocycles. The summed E-state index contributed by atoms with van der Waals surface area (Å²) in [6.45, 7) is 8.55. The lowest BCUT2D eigenvalue weighted by molar-refractivity contribution is -0.131. The minimum atomic E-state index is 0.308. The highest BCUT2D eigenvalue weighted by Crippen LogP contribution is 2.68. The van der Waals surface area contributed by atoms with Gasteiger partial charge in [-0.1, -0.05) is 63.9 Å². The zero-order chi connectivity index (χ0) is 23.9. The van der Waals surface area contributed by atoms with E-state index in [4.69, 9.17) is 0 Å². The van der Waals surface area contributed by atoms with Crippen LogP contribution in [0.15, 0.2) is 30.3 Å². The fraction of sp³-hybridized carbons (Fsp3) is 0.781. The van der Waals surface area contributed by atoms with Crippen LogP contribution in [0, 0.1) is 46.3 Å². The summed E-state index contributed by atoms with van der Waals surface area (Å²) in [5.41, 5.74) is 2.37. The first-order chi connectivity index (χ1) is 16.3. The first kappa shape index (κ1) is 24.4. The highest BCUT2D eigenvalue weighted by atomic mass is 16.2. The molecule has 2 nitrogen and oxygen atoms in total. The number of hydrogen-bond acceptors (Lipinski definition) is 1. The van der Waals surface area contributed by atoms with Crippen LogP contribution >= 0.6 is 0 Å². The molecule has 4 fully saturated rings. The second-order valence-corrected chi connectivity index (χ2v) is 13.4. The van der Waals surface area contributed by atoms with Gasteiger partial charge in [-0.3, -0.25) is 4.79 Å². The molecule has 1 amide bonds. The van der Waals surface area contributed by atoms with Gasteiger partial charge in [0.2, 0.25) is 5.91 Å². The number of hydrogen-bond donors (Lipinski definition) is 0. The lowest BCUT2D eigenvalue weighted by Gasteiger charge is -2.61. The molecule has 4 saturated carbocycles. The zero-order valence-corrected chi connectivity index (χ0v) is 22.4. The number of benzene rings is 1. The van der Waals surface area contributed by atoms with Crippen LogP contribution in [0.3, 0.4) is 0 Å². The zero-order valence-electron chi connectivity index (χ0n) is 22.4. The van der Waals surface area contributed by atoms with Crippen LogP contribution in [0.5, 0.6) is 0 Å². The lowest BCUT2D eigenvalue weighted by Crippen LogP contribution is -2.53. The van der Waals surface area contributed by atoms with Crippen LogP contribution in [0.4, 0.5) is 0 Å². The SMILES string of the molecule is CC(CCC(=O)N(C)Cc1ccccc1)C1CCC2C3CCC4CCCC[C@]4(C)C3CC[C@]12C. The van der Waals surface area contributed by atoms with Crippen molar-refractivity contribution in [2.75, 3.05) is 7.05 Å². The second-order valence-electron chi connectivity index (χ2n) is 13.4. The Labute approximate surface area is 209 Å². The number of nitrogens with zero attached hydrogens (tertiary/aromatic N) is 1. The van der Waals surface area contributed by atoms with Gasteiger partial charge in [-0.2, -0.15) is 0 Å². The van der Waals surface area contributed by atoms with Gasteiger partial charge < -0.3 is 4.90 Å². The van der Waals surface area contributed by atoms with Gasteiger partial charge in [-0.05, 0) is 110 Å². The van der Waals surface area contributed by atoms with Crippen LogP contribution in [0.1, 0.15) is 103 Å². The predicted molar refractivity (Wildman–Crippen MR) is 141 cm³/mol. The molecule has 5 rings (SSSR count). The molecule has 0 aliphatic heterocycles. The summed E-state index contributed by atoms with van der Waals surface area (Å²) in [6.07, 6.45) is 16.5. The molecule has 34 heavy (non-hydrogen) atoms. The summed E-state index contributed by atoms with van der Waals surface area (Å²) in [5, 5.41) is 0. The number of carbonyl (C=O) groups excluding carboxylic acids is 1. The second kappa shape index (κ2) is 9.62. The van der Waals surface area contributed by atoms with Gasteiger partial charge in [0.05, 0.1) is 0 Å². The topological polar surface area (TPSA) is 20.3 Å². The van der Waals surface area contributed by atoms with E-state index >= 15 is 0 Å². The minimum absolute atomic E-state index is 0.308. The molecular weight excluding hydrogens is 414 g/mol. The van der Waals surface area contributed by atoms with Gasteiger partial charge in [0.15, 0.2) is 0 Å². The van der Waals surface area contributed by atoms with Crippen molar-refractivity contribution in [2.24, 2.45) is 46.3 Å². The van der Waals surface area contributed by atoms with Crippen LogP contribution in [-0.2, 0) is 11.3 Å². The Balaban J connectivity index is 1.20. The molecule has 0 aromatic heterocycles. The first-order valence-electron chi connectivity index (χ1n) is 14.6. The average Bonchev–Trinajstić information content (AvgIpc) is 3.20. The smallest absolute Gasteiger partial charge is 0.222 e. The highest BCUT2D eigenvalue weighted by Gasteiger charge is 2.60. The van der Waals surface area contributed by atoms with Gasteiger partial charge in [0.25, 0.3) is 0 Å². The van der Waals surface area contributed by atoms with Crippen molar-refractivity contribution in [1.29, 1.82) is 0 Å². The van der Waals surface area contributed by atoms with Crippen LogP contribution in [0.25, 0.3) is 0 Å². The molecule has 0 heterocycles. The summed E-state index contributed by atoms with van der Waals surface area (Å²) >= 11 is 0. The van der Waals surface area contributed by atoms with Crippen molar-refractivity contribution in [3.05, 3.63) is 35.9 Å². The third-order valence-corrected chi connectivity index (χ3v) is 11.8. The Kier molecular flexibility index (Phi) is 6.90. The van der Waals surface area contributed by atoms with Gasteiger partial charge in [-0.25, -0.2) is 0 Å². The molecule has 0 radical (unpaired) electrons. The molecule has 2 heteroatoms. The maximum atomic E-state index is 12.9. The summed E-state index contributed by atoms with van der Waals surface area (Å²) in [4.78, 5) is 14.8. The van der Waals surface area contributed by atoms with E-state index < -0.39 is 0 Å². The van der Waals surface area contributed by atoms with Crippen LogP contribution < -0.4 is 0 Å². The molecule has 0 N–H and O–H groups in total. The maximum absolute atomic E-state index is 12.9. The summed E-state index contributed by atoms with van der Waals surface area (Å²) < 4.78 is 0. The first-order valence-corrected chi connectivity index (χ1v) is 14.6. The monoisotopic (exact) mass is 463 g/mol. The summed E-state index contributed by atoms with van der Waals surface area (Å²) in [6, 6.07) is 10.4. The van der Waals surface area contributed by atoms with E-state index in [2.05, 4.69) is 45.0 Å². The van der Waals surface area contributed by atoms with E-state index in [1.807, 2.05) is 18.0 Å². The Morgan fingerprint density at radius 3 is 2.50 bits per heavy atom. The van der Waals surface area contributed by atoms with Crippen LogP contribution in [0.2, 0.25) is 0 Å². The molecule has 8 atom stereocenters.